The number of carboxylic acid groups (broad SMARTS) is 1. The van der Waals surface area contributed by atoms with Gasteiger partial charge in [-0.15, -0.1) is 3.89 Å². The Morgan fingerprint density at radius 3 is 0.880 bits per heavy atom. The first-order valence-corrected chi connectivity index (χ1v) is 42.6. The maximum atomic E-state index is 13.6. The van der Waals surface area contributed by atoms with Crippen molar-refractivity contribution in [2.24, 2.45) is 45.3 Å². The average Bonchev–Trinajstić information content (AvgIpc) is 0.747. The van der Waals surface area contributed by atoms with E-state index in [2.05, 4.69) is 35.6 Å². The Kier molecular flexibility index (Phi) is 25.2. The molecule has 0 saturated heterocycles. The number of hydrogen-bond acceptors (Lipinski definition) is 15. The van der Waals surface area contributed by atoms with Crippen LogP contribution in [0.3, 0.4) is 0 Å². The number of benzene rings is 4. The van der Waals surface area contributed by atoms with Crippen LogP contribution in [-0.2, 0) is 90.0 Å². The van der Waals surface area contributed by atoms with Crippen molar-refractivity contribution in [1.82, 2.24) is 5.32 Å². The molecule has 0 atom stereocenters. The maximum absolute atomic E-state index is 13.6. The van der Waals surface area contributed by atoms with Crippen molar-refractivity contribution >= 4 is 63.6 Å². The minimum atomic E-state index is -4.17. The SMILES string of the molecule is C.COC(=O)C12CCC(c3ccc(S(C)(=O)=O)cc3)(CC1)CC2.COC(=O)C12CCC(c3ccccc3)(CC1)CC2.CS(=O)(=O)F.CS(=O)(=O)c1ccc(C23CCC(C(=O)NC4C5CC6CC(C5)CC4C6)(CC2)CC3)cc1.CS(=O)(=O)c1ccc(C23CCC(C(=O)O)(CC2)CC3)cc1.[K+].[OH-]. The number of carboxylic acids is 1. The van der Waals surface area contributed by atoms with E-state index < -0.39 is 51.1 Å². The van der Waals surface area contributed by atoms with Crippen LogP contribution in [0.15, 0.2) is 118 Å². The number of carbonyl (C=O) groups excluding carboxylic acids is 3. The molecule has 0 spiro atoms. The molecule has 0 unspecified atom stereocenters. The second-order valence-electron chi connectivity index (χ2n) is 31.9. The first-order valence-electron chi connectivity index (χ1n) is 35.1. The first kappa shape index (κ1) is 81.8. The van der Waals surface area contributed by atoms with Crippen LogP contribution in [-0.4, -0.2) is 113 Å². The molecule has 1 amide bonds. The standard InChI is InChI=1S/C26H35NO3S.C17H22O4S.C16H20O4S.C16H20O2.CH3FO2S.CH4.K.H2O/c1-31(29,30)22-4-2-21(3-5-22)25-6-9-26(10-7-25,11-8-25)24(28)27-23-19-13-17-12-18(15-19)16-20(23)14-17;1-21-15(18)17-10-7-16(8-11-17,9-12-17)13-3-5-14(6-4-13)22(2,19)20;1-21(19,20)13-4-2-12(3-5-13)15-6-9-16(10-7-15,11-8-15)14(17)18;1-18-14(17)16-10-7-15(8-11-16,9-12-16)13-5-3-2-4-6-13;1-5(2,3)4;;;/h2-5,17-20,23H,6-16H2,1H3,(H,27,28);3-6H,7-12H2,1-2H3;2-5H,6-11H2,1H3,(H,17,18);2-6H,7-12H2,1H3;1H3;1H4;;1H2/q;;;;;;+1;/p-1. The Bertz CT molecular complexity index is 3940. The third kappa shape index (κ3) is 16.8. The Hall–Kier alpha value is -3.91. The number of fused-ring (bicyclic) bond motifs is 12. The van der Waals surface area contributed by atoms with Crippen LogP contribution in [0.4, 0.5) is 3.89 Å². The molecule has 4 aromatic rings. The van der Waals surface area contributed by atoms with E-state index in [0.717, 1.165) is 183 Å². The zero-order chi connectivity index (χ0) is 69.9. The van der Waals surface area contributed by atoms with Gasteiger partial charge in [-0.1, -0.05) is 74.2 Å². The summed E-state index contributed by atoms with van der Waals surface area (Å²) in [4.78, 5) is 50.2. The van der Waals surface area contributed by atoms with Gasteiger partial charge in [-0.25, -0.2) is 25.3 Å². The number of aliphatic carboxylic acids is 1. The van der Waals surface area contributed by atoms with Crippen LogP contribution >= 0.6 is 0 Å². The Morgan fingerprint density at radius 1 is 0.400 bits per heavy atom. The molecule has 0 aromatic heterocycles. The number of halogens is 1. The van der Waals surface area contributed by atoms with E-state index in [-0.39, 0.29) is 109 Å². The largest absolute Gasteiger partial charge is 1.00 e. The molecule has 0 heterocycles. The molecule has 12 bridgehead atoms. The molecule has 3 N–H and O–H groups in total. The third-order valence-electron chi connectivity index (χ3n) is 26.8. The Labute approximate surface area is 636 Å². The molecule has 4 aromatic carbocycles. The van der Waals surface area contributed by atoms with Crippen molar-refractivity contribution < 1.29 is 128 Å². The first-order chi connectivity index (χ1) is 45.6. The summed E-state index contributed by atoms with van der Waals surface area (Å²) in [5.74, 6) is 3.00. The molecule has 0 aliphatic heterocycles. The number of carbonyl (C=O) groups is 4. The summed E-state index contributed by atoms with van der Waals surface area (Å²) in [5.41, 5.74) is 4.59. The second kappa shape index (κ2) is 30.9. The molecule has 17 nitrogen and oxygen atoms in total. The molecular formula is C77H105FKNO16S4. The fourth-order valence-electron chi connectivity index (χ4n) is 20.6. The molecule has 16 saturated carbocycles. The number of ether oxygens (including phenoxy) is 2. The summed E-state index contributed by atoms with van der Waals surface area (Å²) in [7, 11) is -10.7. The van der Waals surface area contributed by atoms with Crippen LogP contribution in [0.5, 0.6) is 0 Å². The van der Waals surface area contributed by atoms with Gasteiger partial charge in [0.25, 0.3) is 10.2 Å². The van der Waals surface area contributed by atoms with Gasteiger partial charge >= 0.3 is 69.3 Å². The fraction of sp³-hybridized carbons (Fsp3) is 0.636. The van der Waals surface area contributed by atoms with Crippen LogP contribution in [0, 0.1) is 45.3 Å². The summed E-state index contributed by atoms with van der Waals surface area (Å²) in [6.45, 7) is 0. The number of amides is 1. The number of sulfone groups is 3. The zero-order valence-electron chi connectivity index (χ0n) is 58.8. The van der Waals surface area contributed by atoms with Gasteiger partial charge in [-0.05, 0) is 290 Å². The molecule has 546 valence electrons. The van der Waals surface area contributed by atoms with E-state index in [1.807, 2.05) is 36.4 Å². The van der Waals surface area contributed by atoms with Gasteiger partial charge in [0.15, 0.2) is 29.5 Å². The summed E-state index contributed by atoms with van der Waals surface area (Å²) >= 11 is 0. The molecule has 16 fully saturated rings. The summed E-state index contributed by atoms with van der Waals surface area (Å²) in [6, 6.07) is 33.3. The van der Waals surface area contributed by atoms with Crippen molar-refractivity contribution in [1.29, 1.82) is 0 Å². The molecular weight excluding hydrogens is 1380 g/mol. The van der Waals surface area contributed by atoms with Gasteiger partial charge in [0.2, 0.25) is 5.91 Å². The quantitative estimate of drug-likeness (QED) is 0.0757. The Morgan fingerprint density at radius 2 is 0.640 bits per heavy atom. The minimum absolute atomic E-state index is 0. The van der Waals surface area contributed by atoms with E-state index >= 15 is 0 Å². The van der Waals surface area contributed by atoms with E-state index in [1.54, 1.807) is 36.4 Å². The van der Waals surface area contributed by atoms with Crippen molar-refractivity contribution in [2.75, 3.05) is 39.2 Å². The van der Waals surface area contributed by atoms with Crippen LogP contribution in [0.2, 0.25) is 0 Å². The third-order valence-corrected chi connectivity index (χ3v) is 30.1. The maximum Gasteiger partial charge on any atom is 1.00 e. The predicted octanol–water partition coefficient (Wildman–Crippen LogP) is 11.1. The summed E-state index contributed by atoms with van der Waals surface area (Å²) in [6.07, 6.45) is 33.8. The average molecular weight is 1490 g/mol. The molecule has 16 aliphatic rings. The van der Waals surface area contributed by atoms with E-state index in [9.17, 15) is 53.4 Å². The normalized spacial score (nSPS) is 33.7. The zero-order valence-corrected chi connectivity index (χ0v) is 65.2. The molecule has 20 rings (SSSR count). The number of hydrogen-bond donors (Lipinski definition) is 2. The molecule has 0 radical (unpaired) electrons. The van der Waals surface area contributed by atoms with E-state index in [1.165, 1.54) is 81.8 Å². The van der Waals surface area contributed by atoms with E-state index in [0.29, 0.717) is 38.3 Å². The van der Waals surface area contributed by atoms with Gasteiger partial charge in [0.05, 0.1) is 51.4 Å². The number of nitrogens with one attached hydrogen (secondary N) is 1. The minimum Gasteiger partial charge on any atom is -0.870 e. The van der Waals surface area contributed by atoms with Gasteiger partial charge in [0.1, 0.15) is 0 Å². The summed E-state index contributed by atoms with van der Waals surface area (Å²) < 4.78 is 108. The van der Waals surface area contributed by atoms with Gasteiger partial charge in [-0.3, -0.25) is 19.2 Å². The Balaban J connectivity index is 0.000000167. The molecule has 16 aliphatic carbocycles. The monoisotopic (exact) mass is 1490 g/mol. The van der Waals surface area contributed by atoms with Gasteiger partial charge in [0, 0.05) is 30.2 Å². The summed E-state index contributed by atoms with van der Waals surface area (Å²) in [5, 5.41) is 13.0. The number of esters is 2. The topological polar surface area (TPSA) is 286 Å². The van der Waals surface area contributed by atoms with Crippen molar-refractivity contribution in [3.05, 3.63) is 125 Å². The molecule has 23 heteroatoms. The smallest absolute Gasteiger partial charge is 0.870 e. The second-order valence-corrected chi connectivity index (χ2v) is 39.3. The van der Waals surface area contributed by atoms with Crippen LogP contribution < -0.4 is 56.7 Å². The van der Waals surface area contributed by atoms with Gasteiger partial charge in [-0.2, -0.15) is 8.42 Å². The van der Waals surface area contributed by atoms with Crippen molar-refractivity contribution in [2.45, 2.75) is 236 Å². The number of methoxy groups -OCH3 is 2. The van der Waals surface area contributed by atoms with Crippen LogP contribution in [0.1, 0.15) is 216 Å². The predicted molar refractivity (Wildman–Crippen MR) is 378 cm³/mol. The van der Waals surface area contributed by atoms with Crippen LogP contribution in [0.25, 0.3) is 0 Å². The van der Waals surface area contributed by atoms with E-state index in [4.69, 9.17) is 17.9 Å². The van der Waals surface area contributed by atoms with Crippen molar-refractivity contribution in [3.8, 4) is 0 Å². The van der Waals surface area contributed by atoms with Gasteiger partial charge < -0.3 is 25.4 Å². The molecule has 100 heavy (non-hydrogen) atoms. The van der Waals surface area contributed by atoms with Crippen molar-refractivity contribution in [3.63, 3.8) is 0 Å². The fourth-order valence-corrected chi connectivity index (χ4v) is 22.5. The number of rotatable bonds is 12.